The molecule has 0 aliphatic carbocycles. The highest BCUT2D eigenvalue weighted by molar-refractivity contribution is 7.85. The van der Waals surface area contributed by atoms with Crippen molar-refractivity contribution in [1.82, 2.24) is 5.32 Å². The lowest BCUT2D eigenvalue weighted by molar-refractivity contribution is 0.137. The lowest BCUT2D eigenvalue weighted by Crippen LogP contribution is -2.35. The molecule has 1 saturated heterocycles. The zero-order valence-corrected chi connectivity index (χ0v) is 13.1. The summed E-state index contributed by atoms with van der Waals surface area (Å²) in [7, 11) is -0.584. The van der Waals surface area contributed by atoms with Crippen molar-refractivity contribution in [3.8, 4) is 5.75 Å². The van der Waals surface area contributed by atoms with E-state index in [1.807, 2.05) is 0 Å². The number of fused-ring (bicyclic) bond motifs is 1. The van der Waals surface area contributed by atoms with Gasteiger partial charge in [-0.05, 0) is 32.3 Å². The summed E-state index contributed by atoms with van der Waals surface area (Å²) in [5, 5.41) is 3.60. The Balaban J connectivity index is 1.65. The van der Waals surface area contributed by atoms with Gasteiger partial charge in [-0.2, -0.15) is 0 Å². The van der Waals surface area contributed by atoms with Crippen molar-refractivity contribution in [1.29, 1.82) is 0 Å². The van der Waals surface area contributed by atoms with E-state index in [4.69, 9.17) is 4.74 Å². The number of ether oxygens (including phenoxy) is 1. The Bertz CT molecular complexity index is 517. The molecule has 0 amide bonds. The van der Waals surface area contributed by atoms with Crippen LogP contribution in [0.2, 0.25) is 0 Å². The smallest absolute Gasteiger partial charge is 0.127 e. The van der Waals surface area contributed by atoms with Gasteiger partial charge in [-0.15, -0.1) is 0 Å². The second-order valence-electron chi connectivity index (χ2n) is 6.45. The number of hydrogen-bond donors (Lipinski definition) is 1. The van der Waals surface area contributed by atoms with Crippen LogP contribution in [0.15, 0.2) is 18.2 Å². The van der Waals surface area contributed by atoms with Crippen molar-refractivity contribution in [2.45, 2.75) is 51.3 Å². The molecule has 1 aromatic carbocycles. The van der Waals surface area contributed by atoms with Crippen molar-refractivity contribution >= 4 is 10.8 Å². The van der Waals surface area contributed by atoms with Gasteiger partial charge in [0.25, 0.3) is 0 Å². The Morgan fingerprint density at radius 1 is 1.35 bits per heavy atom. The maximum absolute atomic E-state index is 11.4. The fourth-order valence-corrected chi connectivity index (χ4v) is 4.37. The molecule has 3 rings (SSSR count). The van der Waals surface area contributed by atoms with Gasteiger partial charge in [0.05, 0.1) is 0 Å². The van der Waals surface area contributed by atoms with Gasteiger partial charge in [-0.1, -0.05) is 18.2 Å². The Hall–Kier alpha value is -0.870. The van der Waals surface area contributed by atoms with Crippen molar-refractivity contribution in [2.24, 2.45) is 0 Å². The first-order chi connectivity index (χ1) is 9.53. The van der Waals surface area contributed by atoms with E-state index in [0.717, 1.165) is 43.1 Å². The summed E-state index contributed by atoms with van der Waals surface area (Å²) in [4.78, 5) is 0. The molecule has 1 N–H and O–H groups in total. The first kappa shape index (κ1) is 14.1. The molecule has 1 aromatic rings. The van der Waals surface area contributed by atoms with Gasteiger partial charge in [0.2, 0.25) is 0 Å². The molecule has 0 bridgehead atoms. The number of benzene rings is 1. The van der Waals surface area contributed by atoms with Crippen molar-refractivity contribution in [2.75, 3.05) is 11.5 Å². The summed E-state index contributed by atoms with van der Waals surface area (Å²) in [6.07, 6.45) is 3.03. The minimum atomic E-state index is -0.584. The van der Waals surface area contributed by atoms with Crippen LogP contribution in [-0.4, -0.2) is 27.4 Å². The number of para-hydroxylation sites is 1. The fraction of sp³-hybridized carbons (Fsp3) is 0.625. The Labute approximate surface area is 123 Å². The third-order valence-electron chi connectivity index (χ3n) is 4.14. The number of hydrogen-bond acceptors (Lipinski definition) is 3. The van der Waals surface area contributed by atoms with Crippen LogP contribution in [-0.2, 0) is 23.8 Å². The predicted molar refractivity (Wildman–Crippen MR) is 82.6 cm³/mol. The average molecular weight is 293 g/mol. The highest BCUT2D eigenvalue weighted by Gasteiger charge is 2.31. The van der Waals surface area contributed by atoms with Gasteiger partial charge >= 0.3 is 0 Å². The van der Waals surface area contributed by atoms with E-state index in [1.54, 1.807) is 0 Å². The molecule has 0 atom stereocenters. The van der Waals surface area contributed by atoms with Gasteiger partial charge in [0, 0.05) is 46.9 Å². The van der Waals surface area contributed by atoms with Gasteiger partial charge in [-0.3, -0.25) is 4.21 Å². The van der Waals surface area contributed by atoms with Crippen LogP contribution in [0.1, 0.15) is 37.8 Å². The van der Waals surface area contributed by atoms with Gasteiger partial charge in [0.1, 0.15) is 11.4 Å². The summed E-state index contributed by atoms with van der Waals surface area (Å²) in [6.45, 7) is 5.12. The Morgan fingerprint density at radius 2 is 2.10 bits per heavy atom. The van der Waals surface area contributed by atoms with Crippen LogP contribution in [0, 0.1) is 0 Å². The molecule has 110 valence electrons. The molecule has 0 spiro atoms. The Morgan fingerprint density at radius 3 is 2.85 bits per heavy atom. The maximum Gasteiger partial charge on any atom is 0.127 e. The zero-order chi connectivity index (χ0) is 14.2. The van der Waals surface area contributed by atoms with Crippen LogP contribution in [0.3, 0.4) is 0 Å². The monoisotopic (exact) mass is 293 g/mol. The van der Waals surface area contributed by atoms with Crippen LogP contribution in [0.25, 0.3) is 0 Å². The predicted octanol–water partition coefficient (Wildman–Crippen LogP) is 2.40. The van der Waals surface area contributed by atoms with Crippen molar-refractivity contribution < 1.29 is 8.95 Å². The summed E-state index contributed by atoms with van der Waals surface area (Å²) >= 11 is 0. The molecule has 3 nitrogen and oxygen atoms in total. The highest BCUT2D eigenvalue weighted by Crippen LogP contribution is 2.37. The quantitative estimate of drug-likeness (QED) is 0.930. The molecule has 2 aliphatic rings. The third kappa shape index (κ3) is 3.07. The van der Waals surface area contributed by atoms with E-state index in [1.165, 1.54) is 11.1 Å². The lowest BCUT2D eigenvalue weighted by Gasteiger charge is -2.23. The summed E-state index contributed by atoms with van der Waals surface area (Å²) in [5.41, 5.74) is 2.49. The van der Waals surface area contributed by atoms with Gasteiger partial charge < -0.3 is 10.1 Å². The topological polar surface area (TPSA) is 38.3 Å². The van der Waals surface area contributed by atoms with E-state index >= 15 is 0 Å². The molecule has 0 radical (unpaired) electrons. The fourth-order valence-electron chi connectivity index (χ4n) is 3.07. The zero-order valence-electron chi connectivity index (χ0n) is 12.3. The summed E-state index contributed by atoms with van der Waals surface area (Å²) < 4.78 is 17.5. The van der Waals surface area contributed by atoms with Gasteiger partial charge in [-0.25, -0.2) is 0 Å². The summed E-state index contributed by atoms with van der Waals surface area (Å²) in [5.74, 6) is 2.76. The van der Waals surface area contributed by atoms with Crippen LogP contribution in [0.4, 0.5) is 0 Å². The summed E-state index contributed by atoms with van der Waals surface area (Å²) in [6, 6.07) is 6.93. The van der Waals surface area contributed by atoms with E-state index in [9.17, 15) is 4.21 Å². The molecule has 0 aromatic heterocycles. The van der Waals surface area contributed by atoms with Crippen LogP contribution in [0.5, 0.6) is 5.75 Å². The normalized spacial score (nSPS) is 27.9. The first-order valence-corrected chi connectivity index (χ1v) is 8.90. The van der Waals surface area contributed by atoms with Crippen LogP contribution < -0.4 is 10.1 Å². The number of rotatable bonds is 3. The number of nitrogens with one attached hydrogen (secondary N) is 1. The average Bonchev–Trinajstić information content (AvgIpc) is 2.72. The van der Waals surface area contributed by atoms with Crippen LogP contribution >= 0.6 is 0 Å². The minimum absolute atomic E-state index is 0.0832. The Kier molecular flexibility index (Phi) is 3.87. The molecular formula is C16H23NO2S. The molecule has 20 heavy (non-hydrogen) atoms. The highest BCUT2D eigenvalue weighted by atomic mass is 32.2. The van der Waals surface area contributed by atoms with E-state index in [0.29, 0.717) is 6.04 Å². The van der Waals surface area contributed by atoms with E-state index < -0.39 is 10.8 Å². The van der Waals surface area contributed by atoms with E-state index in [-0.39, 0.29) is 5.60 Å². The SMILES string of the molecule is CC1(C)Cc2cccc(CNC3CCS(=O)CC3)c2O1. The molecule has 0 saturated carbocycles. The second-order valence-corrected chi connectivity index (χ2v) is 8.14. The van der Waals surface area contributed by atoms with E-state index in [2.05, 4.69) is 37.4 Å². The van der Waals surface area contributed by atoms with Crippen molar-refractivity contribution in [3.63, 3.8) is 0 Å². The molecule has 4 heteroatoms. The maximum atomic E-state index is 11.4. The van der Waals surface area contributed by atoms with Crippen molar-refractivity contribution in [3.05, 3.63) is 29.3 Å². The standard InChI is InChI=1S/C16H23NO2S/c1-16(2)10-12-4-3-5-13(15(12)19-16)11-17-14-6-8-20(18)9-7-14/h3-5,14,17H,6-11H2,1-2H3. The molecule has 2 heterocycles. The largest absolute Gasteiger partial charge is 0.487 e. The first-order valence-electron chi connectivity index (χ1n) is 7.42. The third-order valence-corrected chi connectivity index (χ3v) is 5.52. The second kappa shape index (κ2) is 5.49. The molecule has 2 aliphatic heterocycles. The minimum Gasteiger partial charge on any atom is -0.487 e. The van der Waals surface area contributed by atoms with Gasteiger partial charge in [0.15, 0.2) is 0 Å². The molecular weight excluding hydrogens is 270 g/mol. The lowest BCUT2D eigenvalue weighted by atomic mass is 10.0. The molecule has 0 unspecified atom stereocenters. The molecule has 1 fully saturated rings.